The van der Waals surface area contributed by atoms with Crippen molar-refractivity contribution < 1.29 is 0 Å². The standard InChI is InChI=1S/C13H14ClN5S/c1-13(17-12(15)19(2)18-13)10-5-3-4-8(16-10)9-6-7-11(14)20-9/h3-7,18H,1-2H3,(H2,15,17)/t13-/m0/s1. The molecule has 0 aromatic carbocycles. The number of hydrogen-bond acceptors (Lipinski definition) is 6. The zero-order valence-corrected chi connectivity index (χ0v) is 12.7. The first-order chi connectivity index (χ1) is 9.48. The third-order valence-corrected chi connectivity index (χ3v) is 4.39. The van der Waals surface area contributed by atoms with Crippen molar-refractivity contribution in [2.45, 2.75) is 12.6 Å². The van der Waals surface area contributed by atoms with Gasteiger partial charge in [-0.25, -0.2) is 9.98 Å². The van der Waals surface area contributed by atoms with E-state index in [2.05, 4.69) is 15.4 Å². The fraction of sp³-hybridized carbons (Fsp3) is 0.231. The lowest BCUT2D eigenvalue weighted by atomic mass is 10.1. The van der Waals surface area contributed by atoms with Crippen LogP contribution in [0.2, 0.25) is 4.34 Å². The van der Waals surface area contributed by atoms with Crippen molar-refractivity contribution in [1.82, 2.24) is 15.4 Å². The molecule has 0 bridgehead atoms. The van der Waals surface area contributed by atoms with Crippen LogP contribution in [-0.4, -0.2) is 23.0 Å². The van der Waals surface area contributed by atoms with Crippen LogP contribution in [0, 0.1) is 0 Å². The van der Waals surface area contributed by atoms with Crippen molar-refractivity contribution in [3.8, 4) is 10.6 Å². The van der Waals surface area contributed by atoms with E-state index >= 15 is 0 Å². The molecule has 0 unspecified atom stereocenters. The van der Waals surface area contributed by atoms with Gasteiger partial charge in [-0.2, -0.15) is 5.43 Å². The van der Waals surface area contributed by atoms with E-state index in [0.29, 0.717) is 5.96 Å². The molecular weight excluding hydrogens is 294 g/mol. The highest BCUT2D eigenvalue weighted by atomic mass is 35.5. The molecule has 3 heterocycles. The van der Waals surface area contributed by atoms with Gasteiger partial charge in [-0.15, -0.1) is 11.3 Å². The van der Waals surface area contributed by atoms with Crippen molar-refractivity contribution in [3.05, 3.63) is 40.4 Å². The van der Waals surface area contributed by atoms with Gasteiger partial charge in [0.2, 0.25) is 5.96 Å². The number of pyridine rings is 1. The molecule has 104 valence electrons. The summed E-state index contributed by atoms with van der Waals surface area (Å²) in [5.74, 6) is 0.443. The monoisotopic (exact) mass is 307 g/mol. The zero-order chi connectivity index (χ0) is 14.3. The van der Waals surface area contributed by atoms with Gasteiger partial charge in [0.25, 0.3) is 0 Å². The van der Waals surface area contributed by atoms with Crippen LogP contribution in [0.25, 0.3) is 10.6 Å². The Morgan fingerprint density at radius 3 is 2.75 bits per heavy atom. The van der Waals surface area contributed by atoms with E-state index in [-0.39, 0.29) is 0 Å². The van der Waals surface area contributed by atoms with Gasteiger partial charge in [0.15, 0.2) is 5.66 Å². The second-order valence-corrected chi connectivity index (χ2v) is 6.44. The number of nitrogens with one attached hydrogen (secondary N) is 1. The Bertz CT molecular complexity index is 683. The lowest BCUT2D eigenvalue weighted by Crippen LogP contribution is -2.44. The van der Waals surface area contributed by atoms with Crippen molar-refractivity contribution in [2.24, 2.45) is 10.7 Å². The Morgan fingerprint density at radius 2 is 2.15 bits per heavy atom. The van der Waals surface area contributed by atoms with Gasteiger partial charge in [0.05, 0.1) is 20.6 Å². The van der Waals surface area contributed by atoms with Crippen LogP contribution < -0.4 is 11.2 Å². The minimum atomic E-state index is -0.643. The number of aliphatic imine (C=N–C) groups is 1. The first-order valence-electron chi connectivity index (χ1n) is 6.08. The molecule has 0 amide bonds. The van der Waals surface area contributed by atoms with Gasteiger partial charge in [-0.1, -0.05) is 17.7 Å². The molecule has 2 aromatic rings. The fourth-order valence-electron chi connectivity index (χ4n) is 2.12. The summed E-state index contributed by atoms with van der Waals surface area (Å²) in [6, 6.07) is 9.69. The molecule has 0 radical (unpaired) electrons. The zero-order valence-electron chi connectivity index (χ0n) is 11.1. The van der Waals surface area contributed by atoms with E-state index in [4.69, 9.17) is 17.3 Å². The number of hydrogen-bond donors (Lipinski definition) is 2. The van der Waals surface area contributed by atoms with Crippen LogP contribution in [0.15, 0.2) is 35.3 Å². The molecule has 2 aromatic heterocycles. The maximum atomic E-state index is 5.98. The molecule has 0 spiro atoms. The highest BCUT2D eigenvalue weighted by molar-refractivity contribution is 7.19. The maximum absolute atomic E-state index is 5.98. The van der Waals surface area contributed by atoms with Gasteiger partial charge in [0, 0.05) is 7.05 Å². The quantitative estimate of drug-likeness (QED) is 0.894. The molecule has 0 fully saturated rings. The molecule has 5 nitrogen and oxygen atoms in total. The second-order valence-electron chi connectivity index (χ2n) is 4.72. The molecule has 1 aliphatic rings. The average molecular weight is 308 g/mol. The van der Waals surface area contributed by atoms with Crippen LogP contribution >= 0.6 is 22.9 Å². The van der Waals surface area contributed by atoms with Crippen LogP contribution in [0.5, 0.6) is 0 Å². The SMILES string of the molecule is CN1N[C@@](C)(c2cccc(-c3ccc(Cl)s3)n2)N=C1N. The fourth-order valence-corrected chi connectivity index (χ4v) is 3.14. The third-order valence-electron chi connectivity index (χ3n) is 3.14. The van der Waals surface area contributed by atoms with E-state index in [1.54, 1.807) is 5.01 Å². The van der Waals surface area contributed by atoms with Gasteiger partial charge in [0.1, 0.15) is 0 Å². The third kappa shape index (κ3) is 2.26. The molecule has 1 aliphatic heterocycles. The molecule has 1 atom stereocenters. The highest BCUT2D eigenvalue weighted by Crippen LogP contribution is 2.32. The summed E-state index contributed by atoms with van der Waals surface area (Å²) < 4.78 is 0.749. The largest absolute Gasteiger partial charge is 0.369 e. The molecule has 0 saturated carbocycles. The van der Waals surface area contributed by atoms with Gasteiger partial charge >= 0.3 is 0 Å². The Labute approximate surface area is 126 Å². The summed E-state index contributed by atoms with van der Waals surface area (Å²) in [6.07, 6.45) is 0. The molecule has 0 aliphatic carbocycles. The minimum absolute atomic E-state index is 0.443. The molecule has 7 heteroatoms. The van der Waals surface area contributed by atoms with E-state index in [1.807, 2.05) is 44.3 Å². The number of aromatic nitrogens is 1. The topological polar surface area (TPSA) is 66.5 Å². The van der Waals surface area contributed by atoms with Crippen LogP contribution in [0.3, 0.4) is 0 Å². The van der Waals surface area contributed by atoms with Crippen molar-refractivity contribution >= 4 is 28.9 Å². The Hall–Kier alpha value is -1.63. The Balaban J connectivity index is 2.00. The van der Waals surface area contributed by atoms with Crippen molar-refractivity contribution in [2.75, 3.05) is 7.05 Å². The van der Waals surface area contributed by atoms with E-state index in [1.165, 1.54) is 11.3 Å². The van der Waals surface area contributed by atoms with E-state index in [0.717, 1.165) is 20.6 Å². The average Bonchev–Trinajstić information content (AvgIpc) is 2.95. The van der Waals surface area contributed by atoms with E-state index in [9.17, 15) is 0 Å². The highest BCUT2D eigenvalue weighted by Gasteiger charge is 2.35. The van der Waals surface area contributed by atoms with Gasteiger partial charge in [-0.3, -0.25) is 5.01 Å². The summed E-state index contributed by atoms with van der Waals surface area (Å²) in [5, 5.41) is 1.69. The number of guanidine groups is 1. The molecular formula is C13H14ClN5S. The maximum Gasteiger partial charge on any atom is 0.208 e. The van der Waals surface area contributed by atoms with Crippen molar-refractivity contribution in [1.29, 1.82) is 0 Å². The number of halogens is 1. The first kappa shape index (κ1) is 13.4. The first-order valence-corrected chi connectivity index (χ1v) is 7.27. The van der Waals surface area contributed by atoms with E-state index < -0.39 is 5.66 Å². The lowest BCUT2D eigenvalue weighted by molar-refractivity contribution is 0.261. The number of thiophene rings is 1. The summed E-state index contributed by atoms with van der Waals surface area (Å²) in [4.78, 5) is 10.1. The smallest absolute Gasteiger partial charge is 0.208 e. The summed E-state index contributed by atoms with van der Waals surface area (Å²) in [5.41, 5.74) is 10.1. The molecule has 3 rings (SSSR count). The predicted octanol–water partition coefficient (Wildman–Crippen LogP) is 2.40. The number of hydrazine groups is 1. The number of rotatable bonds is 2. The summed E-state index contributed by atoms with van der Waals surface area (Å²) in [7, 11) is 1.83. The number of nitrogens with zero attached hydrogens (tertiary/aromatic N) is 3. The lowest BCUT2D eigenvalue weighted by Gasteiger charge is -2.23. The number of nitrogens with two attached hydrogens (primary N) is 1. The van der Waals surface area contributed by atoms with Crippen LogP contribution in [-0.2, 0) is 5.66 Å². The van der Waals surface area contributed by atoms with Gasteiger partial charge < -0.3 is 5.73 Å². The summed E-state index contributed by atoms with van der Waals surface area (Å²) in [6.45, 7) is 1.94. The molecule has 0 saturated heterocycles. The Kier molecular flexibility index (Phi) is 3.16. The normalized spacial score (nSPS) is 22.1. The summed E-state index contributed by atoms with van der Waals surface area (Å²) >= 11 is 7.48. The van der Waals surface area contributed by atoms with Crippen molar-refractivity contribution in [3.63, 3.8) is 0 Å². The van der Waals surface area contributed by atoms with Gasteiger partial charge in [-0.05, 0) is 31.2 Å². The Morgan fingerprint density at radius 1 is 1.35 bits per heavy atom. The minimum Gasteiger partial charge on any atom is -0.369 e. The second kappa shape index (κ2) is 4.73. The molecule has 20 heavy (non-hydrogen) atoms. The van der Waals surface area contributed by atoms with Crippen LogP contribution in [0.1, 0.15) is 12.6 Å². The van der Waals surface area contributed by atoms with Crippen LogP contribution in [0.4, 0.5) is 0 Å². The predicted molar refractivity (Wildman–Crippen MR) is 82.4 cm³/mol. The molecule has 3 N–H and O–H groups in total.